The van der Waals surface area contributed by atoms with Crippen LogP contribution in [0.5, 0.6) is 0 Å². The van der Waals surface area contributed by atoms with Crippen molar-refractivity contribution >= 4 is 11.9 Å². The standard InChI is InChI=1S/C13H14F3NO4/c1-21-7-8-3-2-4-9(5-8)11(18)17-10(12(19)20)6-13(14,15)16/h2-5,10H,6-7H2,1H3,(H,17,18)(H,19,20). The number of aliphatic carboxylic acids is 1. The molecule has 0 saturated carbocycles. The van der Waals surface area contributed by atoms with Gasteiger partial charge in [-0.15, -0.1) is 0 Å². The van der Waals surface area contributed by atoms with E-state index in [4.69, 9.17) is 9.84 Å². The number of benzene rings is 1. The van der Waals surface area contributed by atoms with Crippen molar-refractivity contribution in [1.29, 1.82) is 0 Å². The number of ether oxygens (including phenoxy) is 1. The number of carboxylic acids is 1. The highest BCUT2D eigenvalue weighted by Crippen LogP contribution is 2.22. The molecule has 0 heterocycles. The Morgan fingerprint density at radius 3 is 2.57 bits per heavy atom. The first kappa shape index (κ1) is 17.0. The van der Waals surface area contributed by atoms with E-state index in [9.17, 15) is 22.8 Å². The maximum Gasteiger partial charge on any atom is 0.391 e. The van der Waals surface area contributed by atoms with Crippen LogP contribution in [0.3, 0.4) is 0 Å². The van der Waals surface area contributed by atoms with E-state index in [0.717, 1.165) is 0 Å². The van der Waals surface area contributed by atoms with Crippen LogP contribution in [0.2, 0.25) is 0 Å². The second-order valence-corrected chi connectivity index (χ2v) is 4.32. The summed E-state index contributed by atoms with van der Waals surface area (Å²) in [4.78, 5) is 22.6. The number of carbonyl (C=O) groups excluding carboxylic acids is 1. The number of amides is 1. The average Bonchev–Trinajstić information content (AvgIpc) is 2.37. The van der Waals surface area contributed by atoms with Crippen LogP contribution < -0.4 is 5.32 Å². The Balaban J connectivity index is 2.82. The molecule has 0 bridgehead atoms. The fraction of sp³-hybridized carbons (Fsp3) is 0.385. The van der Waals surface area contributed by atoms with Gasteiger partial charge in [0.15, 0.2) is 0 Å². The monoisotopic (exact) mass is 305 g/mol. The fourth-order valence-electron chi connectivity index (χ4n) is 1.64. The van der Waals surface area contributed by atoms with Gasteiger partial charge in [-0.2, -0.15) is 13.2 Å². The van der Waals surface area contributed by atoms with E-state index in [1.54, 1.807) is 6.07 Å². The van der Waals surface area contributed by atoms with E-state index >= 15 is 0 Å². The second kappa shape index (κ2) is 7.07. The molecule has 0 saturated heterocycles. The van der Waals surface area contributed by atoms with Crippen molar-refractivity contribution < 1.29 is 32.6 Å². The molecule has 0 aliphatic carbocycles. The van der Waals surface area contributed by atoms with Gasteiger partial charge < -0.3 is 15.2 Å². The summed E-state index contributed by atoms with van der Waals surface area (Å²) in [6, 6.07) is 3.98. The smallest absolute Gasteiger partial charge is 0.391 e. The Hall–Kier alpha value is -2.09. The predicted octanol–water partition coefficient (Wildman–Crippen LogP) is 1.97. The van der Waals surface area contributed by atoms with E-state index < -0.39 is 30.5 Å². The number of carbonyl (C=O) groups is 2. The van der Waals surface area contributed by atoms with Crippen LogP contribution in [0.15, 0.2) is 24.3 Å². The third-order valence-electron chi connectivity index (χ3n) is 2.54. The molecule has 0 aliphatic rings. The molecule has 2 N–H and O–H groups in total. The zero-order valence-corrected chi connectivity index (χ0v) is 11.1. The number of halogens is 3. The highest BCUT2D eigenvalue weighted by Gasteiger charge is 2.36. The number of methoxy groups -OCH3 is 1. The summed E-state index contributed by atoms with van der Waals surface area (Å²) in [6.07, 6.45) is -6.32. The van der Waals surface area contributed by atoms with Gasteiger partial charge in [0, 0.05) is 12.7 Å². The molecule has 1 aromatic carbocycles. The number of hydrogen-bond acceptors (Lipinski definition) is 3. The molecule has 5 nitrogen and oxygen atoms in total. The zero-order valence-electron chi connectivity index (χ0n) is 11.1. The van der Waals surface area contributed by atoms with Gasteiger partial charge in [0.25, 0.3) is 5.91 Å². The van der Waals surface area contributed by atoms with Crippen molar-refractivity contribution in [2.45, 2.75) is 25.2 Å². The summed E-state index contributed by atoms with van der Waals surface area (Å²) >= 11 is 0. The van der Waals surface area contributed by atoms with Crippen LogP contribution in [-0.4, -0.2) is 36.3 Å². The van der Waals surface area contributed by atoms with Gasteiger partial charge in [0.2, 0.25) is 0 Å². The quantitative estimate of drug-likeness (QED) is 0.842. The highest BCUT2D eigenvalue weighted by molar-refractivity contribution is 5.96. The number of hydrogen-bond donors (Lipinski definition) is 2. The van der Waals surface area contributed by atoms with Crippen molar-refractivity contribution in [3.8, 4) is 0 Å². The van der Waals surface area contributed by atoms with Crippen LogP contribution in [-0.2, 0) is 16.1 Å². The van der Waals surface area contributed by atoms with Gasteiger partial charge in [-0.25, -0.2) is 4.79 Å². The Morgan fingerprint density at radius 2 is 2.05 bits per heavy atom. The van der Waals surface area contributed by atoms with E-state index in [-0.39, 0.29) is 12.2 Å². The molecule has 1 rings (SSSR count). The van der Waals surface area contributed by atoms with Crippen LogP contribution in [0, 0.1) is 0 Å². The molecule has 0 radical (unpaired) electrons. The Kier molecular flexibility index (Phi) is 5.71. The number of rotatable bonds is 6. The Morgan fingerprint density at radius 1 is 1.38 bits per heavy atom. The minimum absolute atomic E-state index is 0.0676. The summed E-state index contributed by atoms with van der Waals surface area (Å²) in [5.41, 5.74) is 0.714. The third-order valence-corrected chi connectivity index (χ3v) is 2.54. The fourth-order valence-corrected chi connectivity index (χ4v) is 1.64. The molecule has 1 amide bonds. The Labute approximate surface area is 118 Å². The lowest BCUT2D eigenvalue weighted by atomic mass is 10.1. The SMILES string of the molecule is COCc1cccc(C(=O)NC(CC(F)(F)F)C(=O)O)c1. The van der Waals surface area contributed by atoms with Gasteiger partial charge in [0.1, 0.15) is 6.04 Å². The topological polar surface area (TPSA) is 75.6 Å². The third kappa shape index (κ3) is 5.82. The second-order valence-electron chi connectivity index (χ2n) is 4.32. The van der Waals surface area contributed by atoms with Crippen molar-refractivity contribution in [3.63, 3.8) is 0 Å². The summed E-state index contributed by atoms with van der Waals surface area (Å²) in [6.45, 7) is 0.228. The lowest BCUT2D eigenvalue weighted by molar-refractivity contribution is -0.157. The van der Waals surface area contributed by atoms with Gasteiger partial charge in [-0.3, -0.25) is 4.79 Å². The number of nitrogens with one attached hydrogen (secondary N) is 1. The number of alkyl halides is 3. The molecule has 0 fully saturated rings. The molecular weight excluding hydrogens is 291 g/mol. The molecule has 0 spiro atoms. The lowest BCUT2D eigenvalue weighted by Crippen LogP contribution is -2.43. The molecule has 1 unspecified atom stereocenters. The Bertz CT molecular complexity index is 516. The van der Waals surface area contributed by atoms with E-state index in [0.29, 0.717) is 5.56 Å². The summed E-state index contributed by atoms with van der Waals surface area (Å²) in [5, 5.41) is 10.6. The zero-order chi connectivity index (χ0) is 16.0. The van der Waals surface area contributed by atoms with Gasteiger partial charge in [-0.1, -0.05) is 12.1 Å². The first-order valence-electron chi connectivity index (χ1n) is 5.91. The van der Waals surface area contributed by atoms with Crippen molar-refractivity contribution in [1.82, 2.24) is 5.32 Å². The highest BCUT2D eigenvalue weighted by atomic mass is 19.4. The van der Waals surface area contributed by atoms with Crippen molar-refractivity contribution in [2.75, 3.05) is 7.11 Å². The molecule has 21 heavy (non-hydrogen) atoms. The summed E-state index contributed by atoms with van der Waals surface area (Å²) in [5.74, 6) is -2.63. The summed E-state index contributed by atoms with van der Waals surface area (Å²) < 4.78 is 41.6. The predicted molar refractivity (Wildman–Crippen MR) is 66.7 cm³/mol. The molecule has 1 atom stereocenters. The first-order valence-corrected chi connectivity index (χ1v) is 5.91. The minimum atomic E-state index is -4.69. The van der Waals surface area contributed by atoms with Gasteiger partial charge in [-0.05, 0) is 17.7 Å². The maximum atomic E-state index is 12.3. The van der Waals surface area contributed by atoms with Crippen LogP contribution in [0.4, 0.5) is 13.2 Å². The molecule has 1 aromatic rings. The first-order chi connectivity index (χ1) is 9.73. The molecule has 116 valence electrons. The lowest BCUT2D eigenvalue weighted by Gasteiger charge is -2.16. The summed E-state index contributed by atoms with van der Waals surface area (Å²) in [7, 11) is 1.45. The maximum absolute atomic E-state index is 12.3. The minimum Gasteiger partial charge on any atom is -0.480 e. The normalized spacial score (nSPS) is 12.8. The van der Waals surface area contributed by atoms with Crippen molar-refractivity contribution in [3.05, 3.63) is 35.4 Å². The van der Waals surface area contributed by atoms with E-state index in [1.807, 2.05) is 5.32 Å². The van der Waals surface area contributed by atoms with Crippen LogP contribution in [0.25, 0.3) is 0 Å². The molecule has 0 aliphatic heterocycles. The largest absolute Gasteiger partial charge is 0.480 e. The van der Waals surface area contributed by atoms with Crippen LogP contribution >= 0.6 is 0 Å². The van der Waals surface area contributed by atoms with Gasteiger partial charge >= 0.3 is 12.1 Å². The average molecular weight is 305 g/mol. The number of carboxylic acid groups (broad SMARTS) is 1. The molecular formula is C13H14F3NO4. The van der Waals surface area contributed by atoms with E-state index in [1.165, 1.54) is 25.3 Å². The molecule has 0 aromatic heterocycles. The van der Waals surface area contributed by atoms with E-state index in [2.05, 4.69) is 0 Å². The van der Waals surface area contributed by atoms with Crippen LogP contribution in [0.1, 0.15) is 22.3 Å². The molecule has 8 heteroatoms. The van der Waals surface area contributed by atoms with Crippen molar-refractivity contribution in [2.24, 2.45) is 0 Å². The van der Waals surface area contributed by atoms with Gasteiger partial charge in [0.05, 0.1) is 13.0 Å².